The van der Waals surface area contributed by atoms with E-state index in [4.69, 9.17) is 28.2 Å². The summed E-state index contributed by atoms with van der Waals surface area (Å²) in [6, 6.07) is 11.9. The number of hydrogen-bond donors (Lipinski definition) is 2. The van der Waals surface area contributed by atoms with Crippen LogP contribution in [-0.4, -0.2) is 52.9 Å². The van der Waals surface area contributed by atoms with Gasteiger partial charge in [-0.15, -0.1) is 5.10 Å². The van der Waals surface area contributed by atoms with Gasteiger partial charge < -0.3 is 14.3 Å². The largest absolute Gasteiger partial charge is 0.453 e. The van der Waals surface area contributed by atoms with E-state index in [1.165, 1.54) is 18.1 Å². The molecular weight excluding hydrogens is 545 g/mol. The number of ether oxygens (including phenoxy) is 1. The van der Waals surface area contributed by atoms with E-state index in [0.29, 0.717) is 57.2 Å². The van der Waals surface area contributed by atoms with E-state index in [1.54, 1.807) is 47.2 Å². The Bertz CT molecular complexity index is 1750. The van der Waals surface area contributed by atoms with Crippen LogP contribution in [0, 0.1) is 0 Å². The minimum Gasteiger partial charge on any atom is -0.453 e. The van der Waals surface area contributed by atoms with Gasteiger partial charge in [-0.3, -0.25) is 10.1 Å². The van der Waals surface area contributed by atoms with E-state index >= 15 is 0 Å². The average Bonchev–Trinajstić information content (AvgIpc) is 3.69. The fraction of sp³-hybridized carbons (Fsp3) is 0.160. The summed E-state index contributed by atoms with van der Waals surface area (Å²) in [4.78, 5) is 36.9. The number of carbonyl (C=O) groups excluding carboxylic acids is 1. The van der Waals surface area contributed by atoms with Gasteiger partial charge >= 0.3 is 6.09 Å². The SMILES string of the molecule is COC(=O)Nc1ccc(-c2nc([C@@H]3CCc4cc(-c5cc(Cl)ccc5-n5cnnn5)cc(=O)n43)[nH]c2Cl)cn1. The number of methoxy groups -OCH3 is 1. The quantitative estimate of drug-likeness (QED) is 0.322. The fourth-order valence-corrected chi connectivity index (χ4v) is 5.12. The molecule has 39 heavy (non-hydrogen) atoms. The van der Waals surface area contributed by atoms with E-state index in [2.05, 4.69) is 35.5 Å². The maximum absolute atomic E-state index is 13.4. The van der Waals surface area contributed by atoms with Crippen molar-refractivity contribution < 1.29 is 9.53 Å². The summed E-state index contributed by atoms with van der Waals surface area (Å²) in [6.45, 7) is 0. The molecule has 0 radical (unpaired) electrons. The highest BCUT2D eigenvalue weighted by Gasteiger charge is 2.29. The molecule has 0 saturated carbocycles. The molecule has 0 saturated heterocycles. The molecule has 1 aliphatic heterocycles. The number of halogens is 2. The molecule has 0 aliphatic carbocycles. The van der Waals surface area contributed by atoms with Gasteiger partial charge in [0.05, 0.1) is 18.8 Å². The molecule has 1 aliphatic rings. The maximum Gasteiger partial charge on any atom is 0.412 e. The number of nitrogens with one attached hydrogen (secondary N) is 2. The molecular formula is C25H19Cl2N9O3. The first-order valence-electron chi connectivity index (χ1n) is 11.8. The zero-order chi connectivity index (χ0) is 27.1. The molecule has 1 aromatic carbocycles. The van der Waals surface area contributed by atoms with Crippen molar-refractivity contribution in [1.82, 2.24) is 39.7 Å². The van der Waals surface area contributed by atoms with Crippen molar-refractivity contribution in [3.8, 4) is 28.1 Å². The van der Waals surface area contributed by atoms with Gasteiger partial charge in [0.15, 0.2) is 0 Å². The zero-order valence-electron chi connectivity index (χ0n) is 20.3. The lowest BCUT2D eigenvalue weighted by molar-refractivity contribution is 0.187. The molecule has 0 spiro atoms. The molecule has 0 fully saturated rings. The molecule has 196 valence electrons. The Hall–Kier alpha value is -4.55. The summed E-state index contributed by atoms with van der Waals surface area (Å²) in [5.74, 6) is 0.894. The summed E-state index contributed by atoms with van der Waals surface area (Å²) >= 11 is 12.8. The van der Waals surface area contributed by atoms with Crippen LogP contribution in [0.3, 0.4) is 0 Å². The molecule has 12 nitrogen and oxygen atoms in total. The smallest absolute Gasteiger partial charge is 0.412 e. The molecule has 1 atom stereocenters. The number of aromatic amines is 1. The van der Waals surface area contributed by atoms with Crippen LogP contribution in [0.2, 0.25) is 10.2 Å². The van der Waals surface area contributed by atoms with E-state index in [9.17, 15) is 9.59 Å². The highest BCUT2D eigenvalue weighted by molar-refractivity contribution is 6.32. The lowest BCUT2D eigenvalue weighted by atomic mass is 10.0. The first-order valence-corrected chi connectivity index (χ1v) is 12.5. The second-order valence-corrected chi connectivity index (χ2v) is 9.56. The molecule has 5 heterocycles. The number of anilines is 1. The van der Waals surface area contributed by atoms with Crippen molar-refractivity contribution in [1.29, 1.82) is 0 Å². The minimum atomic E-state index is -0.620. The molecule has 0 bridgehead atoms. The Morgan fingerprint density at radius 3 is 2.77 bits per heavy atom. The Labute approximate surface area is 230 Å². The van der Waals surface area contributed by atoms with Crippen LogP contribution in [0.5, 0.6) is 0 Å². The van der Waals surface area contributed by atoms with Gasteiger partial charge in [0.1, 0.15) is 28.8 Å². The summed E-state index contributed by atoms with van der Waals surface area (Å²) in [7, 11) is 1.27. The second-order valence-electron chi connectivity index (χ2n) is 8.75. The van der Waals surface area contributed by atoms with Crippen LogP contribution in [0.25, 0.3) is 28.1 Å². The maximum atomic E-state index is 13.4. The van der Waals surface area contributed by atoms with Gasteiger partial charge in [-0.2, -0.15) is 4.68 Å². The molecule has 14 heteroatoms. The number of imidazole rings is 1. The Balaban J connectivity index is 1.33. The van der Waals surface area contributed by atoms with Gasteiger partial charge in [-0.1, -0.05) is 23.2 Å². The van der Waals surface area contributed by atoms with Crippen molar-refractivity contribution in [2.45, 2.75) is 18.9 Å². The van der Waals surface area contributed by atoms with Gasteiger partial charge in [-0.25, -0.2) is 14.8 Å². The third-order valence-corrected chi connectivity index (χ3v) is 6.95. The van der Waals surface area contributed by atoms with E-state index in [1.807, 2.05) is 6.07 Å². The Kier molecular flexibility index (Phi) is 6.33. The highest BCUT2D eigenvalue weighted by Crippen LogP contribution is 2.36. The van der Waals surface area contributed by atoms with Crippen molar-refractivity contribution in [2.24, 2.45) is 0 Å². The van der Waals surface area contributed by atoms with Crippen molar-refractivity contribution >= 4 is 35.1 Å². The first-order chi connectivity index (χ1) is 18.9. The number of amides is 1. The zero-order valence-corrected chi connectivity index (χ0v) is 21.8. The Morgan fingerprint density at radius 2 is 2.03 bits per heavy atom. The van der Waals surface area contributed by atoms with Crippen molar-refractivity contribution in [3.05, 3.63) is 87.0 Å². The van der Waals surface area contributed by atoms with Crippen LogP contribution in [-0.2, 0) is 11.2 Å². The Morgan fingerprint density at radius 1 is 1.15 bits per heavy atom. The molecule has 2 N–H and O–H groups in total. The number of pyridine rings is 2. The topological polar surface area (TPSA) is 146 Å². The van der Waals surface area contributed by atoms with E-state index < -0.39 is 6.09 Å². The number of nitrogens with zero attached hydrogens (tertiary/aromatic N) is 7. The van der Waals surface area contributed by atoms with Crippen molar-refractivity contribution in [3.63, 3.8) is 0 Å². The predicted molar refractivity (Wildman–Crippen MR) is 143 cm³/mol. The van der Waals surface area contributed by atoms with Crippen molar-refractivity contribution in [2.75, 3.05) is 12.4 Å². The number of tetrazole rings is 1. The van der Waals surface area contributed by atoms with E-state index in [-0.39, 0.29) is 11.6 Å². The lowest BCUT2D eigenvalue weighted by Gasteiger charge is -2.15. The number of carbonyl (C=O) groups is 1. The number of hydrogen-bond acceptors (Lipinski definition) is 8. The molecule has 4 aromatic heterocycles. The number of H-pyrrole nitrogens is 1. The number of aryl methyl sites for hydroxylation is 1. The summed E-state index contributed by atoms with van der Waals surface area (Å²) in [6.07, 6.45) is 3.74. The first kappa shape index (κ1) is 24.8. The number of rotatable bonds is 5. The molecule has 0 unspecified atom stereocenters. The standard InChI is InChI=1S/C25H19Cl2N9O3/c1-39-25(38)30-20-7-2-13(11-28-20)22-23(27)32-24(31-22)19-6-4-16-8-14(9-21(37)36(16)19)17-10-15(26)3-5-18(17)35-12-29-33-34-35/h2-3,5,7-12,19H,4,6H2,1H3,(H,31,32)(H,28,30,38)/t19-/m0/s1. The highest BCUT2D eigenvalue weighted by atomic mass is 35.5. The number of benzene rings is 1. The second kappa shape index (κ2) is 9.97. The predicted octanol–water partition coefficient (Wildman–Crippen LogP) is 4.30. The monoisotopic (exact) mass is 563 g/mol. The molecule has 5 aromatic rings. The van der Waals surface area contributed by atoms with Crippen LogP contribution in [0.1, 0.15) is 24.0 Å². The van der Waals surface area contributed by atoms with Gasteiger partial charge in [0.2, 0.25) is 0 Å². The van der Waals surface area contributed by atoms with Crippen LogP contribution in [0.15, 0.2) is 59.8 Å². The van der Waals surface area contributed by atoms with Gasteiger partial charge in [0.25, 0.3) is 5.56 Å². The van der Waals surface area contributed by atoms with Gasteiger partial charge in [0, 0.05) is 34.1 Å². The third-order valence-electron chi connectivity index (χ3n) is 6.45. The van der Waals surface area contributed by atoms with Crippen LogP contribution >= 0.6 is 23.2 Å². The minimum absolute atomic E-state index is 0.179. The van der Waals surface area contributed by atoms with E-state index in [0.717, 1.165) is 11.3 Å². The fourth-order valence-electron chi connectivity index (χ4n) is 4.70. The molecule has 6 rings (SSSR count). The third kappa shape index (κ3) is 4.64. The summed E-state index contributed by atoms with van der Waals surface area (Å²) in [5, 5.41) is 14.7. The summed E-state index contributed by atoms with van der Waals surface area (Å²) < 4.78 is 7.83. The normalized spacial score (nSPS) is 14.3. The van der Waals surface area contributed by atoms with Crippen LogP contribution in [0.4, 0.5) is 10.6 Å². The van der Waals surface area contributed by atoms with Gasteiger partial charge in [-0.05, 0) is 65.2 Å². The average molecular weight is 564 g/mol. The number of aromatic nitrogens is 8. The summed E-state index contributed by atoms with van der Waals surface area (Å²) in [5.41, 5.74) is 3.97. The lowest BCUT2D eigenvalue weighted by Crippen LogP contribution is -2.24. The van der Waals surface area contributed by atoms with Crippen LogP contribution < -0.4 is 10.9 Å². The molecule has 1 amide bonds. The number of fused-ring (bicyclic) bond motifs is 1.